The molecule has 148 valence electrons. The van der Waals surface area contributed by atoms with Crippen molar-refractivity contribution in [3.8, 4) is 0 Å². The minimum Gasteiger partial charge on any atom is -0.466 e. The number of carbonyl (C=O) groups is 4. The van der Waals surface area contributed by atoms with E-state index in [1.807, 2.05) is 19.1 Å². The van der Waals surface area contributed by atoms with Gasteiger partial charge in [0.1, 0.15) is 0 Å². The van der Waals surface area contributed by atoms with Crippen LogP contribution in [0.15, 0.2) is 24.3 Å². The van der Waals surface area contributed by atoms with Crippen molar-refractivity contribution in [2.75, 3.05) is 26.2 Å². The highest BCUT2D eigenvalue weighted by Crippen LogP contribution is 2.09. The highest BCUT2D eigenvalue weighted by molar-refractivity contribution is 5.98. The predicted octanol–water partition coefficient (Wildman–Crippen LogP) is 1.88. The first kappa shape index (κ1) is 22.3. The van der Waals surface area contributed by atoms with E-state index in [4.69, 9.17) is 4.74 Å². The molecule has 0 saturated carbocycles. The zero-order valence-electron chi connectivity index (χ0n) is 16.2. The fourth-order valence-electron chi connectivity index (χ4n) is 2.45. The predicted molar refractivity (Wildman–Crippen MR) is 101 cm³/mol. The summed E-state index contributed by atoms with van der Waals surface area (Å²) in [6.07, 6.45) is 0.221. The van der Waals surface area contributed by atoms with E-state index < -0.39 is 0 Å². The number of ether oxygens (including phenoxy) is 1. The molecule has 1 N–H and O–H groups in total. The van der Waals surface area contributed by atoms with Crippen molar-refractivity contribution in [1.82, 2.24) is 10.2 Å². The van der Waals surface area contributed by atoms with E-state index in [1.54, 1.807) is 19.1 Å². The summed E-state index contributed by atoms with van der Waals surface area (Å²) in [6.45, 7) is 6.08. The molecule has 27 heavy (non-hydrogen) atoms. The molecule has 0 aliphatic heterocycles. The quantitative estimate of drug-likeness (QED) is 0.470. The van der Waals surface area contributed by atoms with Gasteiger partial charge in [0, 0.05) is 45.0 Å². The second kappa shape index (κ2) is 11.8. The second-order valence-electron chi connectivity index (χ2n) is 6.21. The van der Waals surface area contributed by atoms with Gasteiger partial charge in [-0.15, -0.1) is 0 Å². The zero-order chi connectivity index (χ0) is 20.2. The van der Waals surface area contributed by atoms with E-state index in [0.717, 1.165) is 5.56 Å². The Labute approximate surface area is 160 Å². The van der Waals surface area contributed by atoms with Crippen LogP contribution in [0.4, 0.5) is 0 Å². The van der Waals surface area contributed by atoms with Crippen molar-refractivity contribution in [3.63, 3.8) is 0 Å². The first-order valence-corrected chi connectivity index (χ1v) is 9.11. The molecule has 0 aliphatic rings. The summed E-state index contributed by atoms with van der Waals surface area (Å²) >= 11 is 0. The van der Waals surface area contributed by atoms with Crippen LogP contribution in [-0.4, -0.2) is 54.7 Å². The molecule has 0 fully saturated rings. The number of ketones is 1. The van der Waals surface area contributed by atoms with E-state index >= 15 is 0 Å². The Hall–Kier alpha value is -2.70. The van der Waals surface area contributed by atoms with Gasteiger partial charge in [-0.25, -0.2) is 0 Å². The van der Waals surface area contributed by atoms with Gasteiger partial charge in [-0.3, -0.25) is 19.2 Å². The number of benzene rings is 1. The molecular formula is C20H28N2O5. The van der Waals surface area contributed by atoms with Crippen LogP contribution in [-0.2, 0) is 19.1 Å². The first-order chi connectivity index (χ1) is 12.8. The van der Waals surface area contributed by atoms with Gasteiger partial charge in [-0.05, 0) is 13.8 Å². The number of Topliss-reactive ketones (excluding diaryl/α,β-unsaturated/α-hetero) is 1. The topological polar surface area (TPSA) is 92.8 Å². The number of hydrogen-bond donors (Lipinski definition) is 1. The summed E-state index contributed by atoms with van der Waals surface area (Å²) in [5.41, 5.74) is 1.63. The molecule has 0 aliphatic carbocycles. The maximum atomic E-state index is 12.5. The van der Waals surface area contributed by atoms with Gasteiger partial charge in [0.2, 0.25) is 11.8 Å². The third kappa shape index (κ3) is 8.99. The molecule has 1 aromatic rings. The largest absolute Gasteiger partial charge is 0.466 e. The van der Waals surface area contributed by atoms with Gasteiger partial charge in [-0.1, -0.05) is 29.8 Å². The van der Waals surface area contributed by atoms with Crippen LogP contribution >= 0.6 is 0 Å². The summed E-state index contributed by atoms with van der Waals surface area (Å²) in [5.74, 6) is -0.909. The Morgan fingerprint density at radius 3 is 2.26 bits per heavy atom. The minimum absolute atomic E-state index is 0.0512. The van der Waals surface area contributed by atoms with Crippen LogP contribution in [0.3, 0.4) is 0 Å². The van der Waals surface area contributed by atoms with E-state index in [0.29, 0.717) is 5.56 Å². The number of carbonyl (C=O) groups excluding carboxylic acids is 4. The van der Waals surface area contributed by atoms with Crippen molar-refractivity contribution in [1.29, 1.82) is 0 Å². The number of hydrogen-bond acceptors (Lipinski definition) is 5. The molecule has 0 spiro atoms. The van der Waals surface area contributed by atoms with Crippen molar-refractivity contribution < 1.29 is 23.9 Å². The van der Waals surface area contributed by atoms with Crippen LogP contribution in [0.5, 0.6) is 0 Å². The molecule has 0 aromatic heterocycles. The number of esters is 1. The van der Waals surface area contributed by atoms with Gasteiger partial charge >= 0.3 is 5.97 Å². The highest BCUT2D eigenvalue weighted by atomic mass is 16.5. The van der Waals surface area contributed by atoms with Crippen molar-refractivity contribution in [2.24, 2.45) is 0 Å². The van der Waals surface area contributed by atoms with E-state index in [9.17, 15) is 19.2 Å². The van der Waals surface area contributed by atoms with Crippen LogP contribution in [0.25, 0.3) is 0 Å². The summed E-state index contributed by atoms with van der Waals surface area (Å²) < 4.78 is 4.88. The molecule has 1 rings (SSSR count). The molecule has 2 amide bonds. The Kier molecular flexibility index (Phi) is 9.79. The second-order valence-corrected chi connectivity index (χ2v) is 6.21. The fourth-order valence-corrected chi connectivity index (χ4v) is 2.45. The van der Waals surface area contributed by atoms with Gasteiger partial charge in [-0.2, -0.15) is 0 Å². The number of nitrogens with one attached hydrogen (secondary N) is 1. The molecular weight excluding hydrogens is 348 g/mol. The first-order valence-electron chi connectivity index (χ1n) is 9.11. The molecule has 0 radical (unpaired) electrons. The molecule has 0 bridgehead atoms. The van der Waals surface area contributed by atoms with Crippen molar-refractivity contribution in [2.45, 2.75) is 40.0 Å². The SMILES string of the molecule is CCOC(=O)CCN(CCNC(C)=O)C(=O)CCC(=O)c1ccc(C)cc1. The number of nitrogens with zero attached hydrogens (tertiary/aromatic N) is 1. The van der Waals surface area contributed by atoms with Crippen LogP contribution < -0.4 is 5.32 Å². The minimum atomic E-state index is -0.384. The molecule has 0 atom stereocenters. The number of rotatable bonds is 11. The average Bonchev–Trinajstić information content (AvgIpc) is 2.62. The van der Waals surface area contributed by atoms with Gasteiger partial charge in [0.25, 0.3) is 0 Å². The molecule has 7 nitrogen and oxygen atoms in total. The van der Waals surface area contributed by atoms with E-state index in [2.05, 4.69) is 5.32 Å². The lowest BCUT2D eigenvalue weighted by atomic mass is 10.0. The molecule has 0 unspecified atom stereocenters. The van der Waals surface area contributed by atoms with E-state index in [-0.39, 0.29) is 69.1 Å². The monoisotopic (exact) mass is 376 g/mol. The lowest BCUT2D eigenvalue weighted by molar-refractivity contribution is -0.144. The Bertz CT molecular complexity index is 655. The summed E-state index contributed by atoms with van der Waals surface area (Å²) in [5, 5.41) is 2.62. The third-order valence-electron chi connectivity index (χ3n) is 3.94. The lowest BCUT2D eigenvalue weighted by Gasteiger charge is -2.22. The zero-order valence-corrected chi connectivity index (χ0v) is 16.2. The fraction of sp³-hybridized carbons (Fsp3) is 0.500. The summed E-state index contributed by atoms with van der Waals surface area (Å²) in [4.78, 5) is 48.8. The third-order valence-corrected chi connectivity index (χ3v) is 3.94. The van der Waals surface area contributed by atoms with Crippen molar-refractivity contribution >= 4 is 23.6 Å². The van der Waals surface area contributed by atoms with Crippen LogP contribution in [0.2, 0.25) is 0 Å². The Morgan fingerprint density at radius 1 is 1.00 bits per heavy atom. The number of amides is 2. The van der Waals surface area contributed by atoms with Crippen LogP contribution in [0.1, 0.15) is 49.0 Å². The Balaban J connectivity index is 2.58. The summed E-state index contributed by atoms with van der Waals surface area (Å²) in [7, 11) is 0. The normalized spacial score (nSPS) is 10.2. The van der Waals surface area contributed by atoms with Gasteiger partial charge in [0.05, 0.1) is 13.0 Å². The molecule has 7 heteroatoms. The maximum absolute atomic E-state index is 12.5. The maximum Gasteiger partial charge on any atom is 0.307 e. The lowest BCUT2D eigenvalue weighted by Crippen LogP contribution is -2.39. The number of aryl methyl sites for hydroxylation is 1. The van der Waals surface area contributed by atoms with Gasteiger partial charge in [0.15, 0.2) is 5.78 Å². The van der Waals surface area contributed by atoms with Crippen molar-refractivity contribution in [3.05, 3.63) is 35.4 Å². The molecule has 1 aromatic carbocycles. The van der Waals surface area contributed by atoms with Gasteiger partial charge < -0.3 is 15.0 Å². The standard InChI is InChI=1S/C20H28N2O5/c1-4-27-20(26)11-13-22(14-12-21-16(3)23)19(25)10-9-18(24)17-7-5-15(2)6-8-17/h5-8H,4,9-14H2,1-3H3,(H,21,23). The van der Waals surface area contributed by atoms with E-state index in [1.165, 1.54) is 11.8 Å². The molecule has 0 saturated heterocycles. The Morgan fingerprint density at radius 2 is 1.67 bits per heavy atom. The molecule has 0 heterocycles. The smallest absolute Gasteiger partial charge is 0.307 e. The summed E-state index contributed by atoms with van der Waals surface area (Å²) in [6, 6.07) is 7.21. The van der Waals surface area contributed by atoms with Crippen LogP contribution in [0, 0.1) is 6.92 Å². The average molecular weight is 376 g/mol. The highest BCUT2D eigenvalue weighted by Gasteiger charge is 2.17.